The summed E-state index contributed by atoms with van der Waals surface area (Å²) in [4.78, 5) is 49.7. The van der Waals surface area contributed by atoms with Crippen LogP contribution in [-0.2, 0) is 28.7 Å². The van der Waals surface area contributed by atoms with Gasteiger partial charge in [-0.1, -0.05) is 13.8 Å². The number of carbonyl (C=O) groups excluding carboxylic acids is 4. The van der Waals surface area contributed by atoms with Crippen molar-refractivity contribution in [2.75, 3.05) is 26.7 Å². The van der Waals surface area contributed by atoms with E-state index in [2.05, 4.69) is 5.32 Å². The molecule has 0 radical (unpaired) electrons. The van der Waals surface area contributed by atoms with Crippen LogP contribution in [0.3, 0.4) is 0 Å². The molecule has 26 heavy (non-hydrogen) atoms. The van der Waals surface area contributed by atoms with Gasteiger partial charge in [-0.15, -0.1) is 0 Å². The van der Waals surface area contributed by atoms with Crippen LogP contribution in [0.25, 0.3) is 0 Å². The lowest BCUT2D eigenvalue weighted by molar-refractivity contribution is -0.168. The van der Waals surface area contributed by atoms with Crippen molar-refractivity contribution in [3.8, 4) is 0 Å². The first-order valence-corrected chi connectivity index (χ1v) is 9.17. The molecule has 2 saturated heterocycles. The third-order valence-corrected chi connectivity index (χ3v) is 5.03. The Labute approximate surface area is 153 Å². The summed E-state index contributed by atoms with van der Waals surface area (Å²) in [6.45, 7) is 4.80. The summed E-state index contributed by atoms with van der Waals surface area (Å²) in [5.74, 6) is -1.75. The fraction of sp³-hybridized carbons (Fsp3) is 0.778. The number of amides is 2. The van der Waals surface area contributed by atoms with Gasteiger partial charge in [0.1, 0.15) is 0 Å². The van der Waals surface area contributed by atoms with Crippen LogP contribution in [0.15, 0.2) is 0 Å². The Balaban J connectivity index is 1.92. The predicted molar refractivity (Wildman–Crippen MR) is 91.8 cm³/mol. The molecule has 0 aromatic heterocycles. The number of hydrogen-bond donors (Lipinski definition) is 1. The zero-order chi connectivity index (χ0) is 19.3. The second kappa shape index (κ2) is 9.00. The van der Waals surface area contributed by atoms with Gasteiger partial charge in [0, 0.05) is 26.1 Å². The number of nitrogens with one attached hydrogen (secondary N) is 1. The second-order valence-corrected chi connectivity index (χ2v) is 7.26. The van der Waals surface area contributed by atoms with Crippen molar-refractivity contribution < 1.29 is 28.7 Å². The highest BCUT2D eigenvalue weighted by molar-refractivity contribution is 5.86. The minimum atomic E-state index is -0.852. The quantitative estimate of drug-likeness (QED) is 0.709. The highest BCUT2D eigenvalue weighted by Gasteiger charge is 2.36. The van der Waals surface area contributed by atoms with E-state index in [-0.39, 0.29) is 36.2 Å². The number of nitrogens with zero attached hydrogens (tertiary/aromatic N) is 1. The first-order valence-electron chi connectivity index (χ1n) is 9.17. The van der Waals surface area contributed by atoms with Crippen LogP contribution in [0.1, 0.15) is 39.5 Å². The summed E-state index contributed by atoms with van der Waals surface area (Å²) in [7, 11) is 1.36. The van der Waals surface area contributed by atoms with Crippen LogP contribution in [0, 0.1) is 17.8 Å². The summed E-state index contributed by atoms with van der Waals surface area (Å²) in [6, 6.07) is 0. The molecular formula is C18H28N2O6. The molecule has 2 rings (SSSR count). The van der Waals surface area contributed by atoms with E-state index in [1.54, 1.807) is 4.90 Å². The van der Waals surface area contributed by atoms with Crippen molar-refractivity contribution in [3.05, 3.63) is 0 Å². The van der Waals surface area contributed by atoms with E-state index in [0.717, 1.165) is 0 Å². The molecule has 146 valence electrons. The molecule has 1 N–H and O–H groups in total. The van der Waals surface area contributed by atoms with Crippen molar-refractivity contribution in [2.45, 2.75) is 45.6 Å². The largest absolute Gasteiger partial charge is 0.469 e. The number of carbonyl (C=O) groups is 4. The van der Waals surface area contributed by atoms with E-state index in [4.69, 9.17) is 9.47 Å². The van der Waals surface area contributed by atoms with Crippen LogP contribution in [-0.4, -0.2) is 61.5 Å². The normalized spacial score (nSPS) is 22.5. The molecule has 2 aliphatic rings. The number of methoxy groups -OCH3 is 1. The van der Waals surface area contributed by atoms with Gasteiger partial charge in [-0.3, -0.25) is 19.2 Å². The van der Waals surface area contributed by atoms with Crippen LogP contribution in [0.5, 0.6) is 0 Å². The van der Waals surface area contributed by atoms with Crippen molar-refractivity contribution >= 4 is 23.8 Å². The number of piperidine rings is 2. The minimum Gasteiger partial charge on any atom is -0.469 e. The standard InChI is InChI=1S/C18H28N2O6/c1-11(2)15(26-18(24)13-4-5-14(21)19-10-13)16(22)20-8-6-12(7-9-20)17(23)25-3/h11-13,15H,4-10H2,1-3H3,(H,19,21)/t13-,15+/m1/s1. The van der Waals surface area contributed by atoms with E-state index >= 15 is 0 Å². The van der Waals surface area contributed by atoms with Gasteiger partial charge >= 0.3 is 11.9 Å². The zero-order valence-corrected chi connectivity index (χ0v) is 15.7. The average molecular weight is 368 g/mol. The Kier molecular flexibility index (Phi) is 6.99. The molecule has 0 aliphatic carbocycles. The summed E-state index contributed by atoms with van der Waals surface area (Å²) < 4.78 is 10.3. The van der Waals surface area contributed by atoms with Crippen LogP contribution in [0.2, 0.25) is 0 Å². The SMILES string of the molecule is COC(=O)C1CCN(C(=O)[C@@H](OC(=O)[C@@H]2CCC(=O)NC2)C(C)C)CC1. The molecule has 2 amide bonds. The highest BCUT2D eigenvalue weighted by Crippen LogP contribution is 2.22. The molecule has 2 aliphatic heterocycles. The van der Waals surface area contributed by atoms with Crippen LogP contribution >= 0.6 is 0 Å². The molecule has 0 spiro atoms. The third-order valence-electron chi connectivity index (χ3n) is 5.03. The third kappa shape index (κ3) is 4.95. The van der Waals surface area contributed by atoms with Crippen molar-refractivity contribution in [1.29, 1.82) is 0 Å². The molecule has 0 saturated carbocycles. The first kappa shape index (κ1) is 20.2. The van der Waals surface area contributed by atoms with E-state index in [0.29, 0.717) is 38.8 Å². The molecule has 2 fully saturated rings. The van der Waals surface area contributed by atoms with Crippen LogP contribution < -0.4 is 5.32 Å². The maximum Gasteiger partial charge on any atom is 0.311 e. The van der Waals surface area contributed by atoms with Gasteiger partial charge in [0.25, 0.3) is 5.91 Å². The number of hydrogen-bond acceptors (Lipinski definition) is 6. The van der Waals surface area contributed by atoms with Gasteiger partial charge in [0.05, 0.1) is 18.9 Å². The first-order chi connectivity index (χ1) is 12.3. The Bertz CT molecular complexity index is 544. The number of rotatable bonds is 5. The molecular weight excluding hydrogens is 340 g/mol. The monoisotopic (exact) mass is 368 g/mol. The average Bonchev–Trinajstić information content (AvgIpc) is 2.65. The van der Waals surface area contributed by atoms with Gasteiger partial charge < -0.3 is 19.7 Å². The van der Waals surface area contributed by atoms with Gasteiger partial charge in [-0.2, -0.15) is 0 Å². The fourth-order valence-electron chi connectivity index (χ4n) is 3.31. The molecule has 2 heterocycles. The fourth-order valence-corrected chi connectivity index (χ4v) is 3.31. The summed E-state index contributed by atoms with van der Waals surface area (Å²) in [6.07, 6.45) is 0.974. The number of esters is 2. The summed E-state index contributed by atoms with van der Waals surface area (Å²) >= 11 is 0. The Morgan fingerprint density at radius 2 is 1.73 bits per heavy atom. The van der Waals surface area contributed by atoms with Gasteiger partial charge in [0.2, 0.25) is 5.91 Å². The van der Waals surface area contributed by atoms with Crippen LogP contribution in [0.4, 0.5) is 0 Å². The highest BCUT2D eigenvalue weighted by atomic mass is 16.5. The second-order valence-electron chi connectivity index (χ2n) is 7.26. The smallest absolute Gasteiger partial charge is 0.311 e. The molecule has 0 aromatic carbocycles. The van der Waals surface area contributed by atoms with Crippen molar-refractivity contribution in [1.82, 2.24) is 10.2 Å². The summed E-state index contributed by atoms with van der Waals surface area (Å²) in [5, 5.41) is 2.65. The maximum atomic E-state index is 12.8. The Hall–Kier alpha value is -2.12. The molecule has 8 heteroatoms. The Morgan fingerprint density at radius 3 is 2.23 bits per heavy atom. The van der Waals surface area contributed by atoms with Gasteiger partial charge in [0.15, 0.2) is 6.10 Å². The van der Waals surface area contributed by atoms with Gasteiger partial charge in [-0.25, -0.2) is 0 Å². The predicted octanol–water partition coefficient (Wildman–Crippen LogP) is 0.492. The molecule has 0 unspecified atom stereocenters. The lowest BCUT2D eigenvalue weighted by Crippen LogP contribution is -2.49. The Morgan fingerprint density at radius 1 is 1.08 bits per heavy atom. The van der Waals surface area contributed by atoms with Crippen molar-refractivity contribution in [2.24, 2.45) is 17.8 Å². The molecule has 0 bridgehead atoms. The molecule has 2 atom stereocenters. The zero-order valence-electron chi connectivity index (χ0n) is 15.7. The number of likely N-dealkylation sites (tertiary alicyclic amines) is 1. The van der Waals surface area contributed by atoms with E-state index in [9.17, 15) is 19.2 Å². The molecule has 0 aromatic rings. The van der Waals surface area contributed by atoms with Gasteiger partial charge in [-0.05, 0) is 25.2 Å². The minimum absolute atomic E-state index is 0.0704. The van der Waals surface area contributed by atoms with E-state index < -0.39 is 18.0 Å². The topological polar surface area (TPSA) is 102 Å². The van der Waals surface area contributed by atoms with E-state index in [1.807, 2.05) is 13.8 Å². The van der Waals surface area contributed by atoms with E-state index in [1.165, 1.54) is 7.11 Å². The molecule has 8 nitrogen and oxygen atoms in total. The number of ether oxygens (including phenoxy) is 2. The lowest BCUT2D eigenvalue weighted by atomic mass is 9.95. The van der Waals surface area contributed by atoms with Crippen molar-refractivity contribution in [3.63, 3.8) is 0 Å². The maximum absolute atomic E-state index is 12.8. The summed E-state index contributed by atoms with van der Waals surface area (Å²) in [5.41, 5.74) is 0. The lowest BCUT2D eigenvalue weighted by Gasteiger charge is -2.34.